The highest BCUT2D eigenvalue weighted by atomic mass is 32.2. The van der Waals surface area contributed by atoms with Crippen LogP contribution in [0.25, 0.3) is 0 Å². The summed E-state index contributed by atoms with van der Waals surface area (Å²) >= 11 is 1.62. The van der Waals surface area contributed by atoms with E-state index in [-0.39, 0.29) is 18.6 Å². The maximum absolute atomic E-state index is 11.5. The molecule has 1 aromatic carbocycles. The van der Waals surface area contributed by atoms with Gasteiger partial charge in [-0.1, -0.05) is 12.1 Å². The molecule has 0 spiro atoms. The van der Waals surface area contributed by atoms with Gasteiger partial charge in [0.15, 0.2) is 5.78 Å². The van der Waals surface area contributed by atoms with Crippen LogP contribution in [0.5, 0.6) is 0 Å². The van der Waals surface area contributed by atoms with Gasteiger partial charge in [0.1, 0.15) is 0 Å². The molecule has 1 aromatic rings. The van der Waals surface area contributed by atoms with Gasteiger partial charge in [-0.15, -0.1) is 11.8 Å². The Labute approximate surface area is 93.0 Å². The Hall–Kier alpha value is -1.29. The van der Waals surface area contributed by atoms with Crippen LogP contribution in [0.15, 0.2) is 29.2 Å². The number of thioether (sulfide) groups is 1. The monoisotopic (exact) mass is 223 g/mol. The van der Waals surface area contributed by atoms with Crippen molar-refractivity contribution in [3.8, 4) is 0 Å². The summed E-state index contributed by atoms with van der Waals surface area (Å²) in [6, 6.07) is 7.33. The van der Waals surface area contributed by atoms with Gasteiger partial charge >= 0.3 is 0 Å². The van der Waals surface area contributed by atoms with Crippen LogP contribution in [0.2, 0.25) is 0 Å². The summed E-state index contributed by atoms with van der Waals surface area (Å²) in [7, 11) is 0. The number of hydrogen-bond acceptors (Lipinski definition) is 3. The van der Waals surface area contributed by atoms with Gasteiger partial charge in [-0.25, -0.2) is 0 Å². The molecule has 4 heteroatoms. The maximum atomic E-state index is 11.5. The smallest absolute Gasteiger partial charge is 0.217 e. The van der Waals surface area contributed by atoms with Crippen molar-refractivity contribution in [1.29, 1.82) is 0 Å². The molecule has 0 radical (unpaired) electrons. The fourth-order valence-corrected chi connectivity index (χ4v) is 1.57. The third kappa shape index (κ3) is 3.75. The van der Waals surface area contributed by atoms with Crippen molar-refractivity contribution in [2.24, 2.45) is 5.73 Å². The van der Waals surface area contributed by atoms with Crippen LogP contribution >= 0.6 is 11.8 Å². The average molecular weight is 223 g/mol. The van der Waals surface area contributed by atoms with E-state index in [0.717, 1.165) is 4.90 Å². The molecule has 0 heterocycles. The molecular weight excluding hydrogens is 210 g/mol. The summed E-state index contributed by atoms with van der Waals surface area (Å²) in [5, 5.41) is 0. The van der Waals surface area contributed by atoms with Crippen LogP contribution in [0.3, 0.4) is 0 Å². The quantitative estimate of drug-likeness (QED) is 0.612. The van der Waals surface area contributed by atoms with Gasteiger partial charge in [0.2, 0.25) is 5.91 Å². The number of amides is 1. The third-order valence-electron chi connectivity index (χ3n) is 2.01. The molecule has 1 rings (SSSR count). The standard InChI is InChI=1S/C11H13NO2S/c1-15-9-4-2-8(3-5-9)10(13)6-7-11(12)14/h2-5H,6-7H2,1H3,(H2,12,14). The van der Waals surface area contributed by atoms with Crippen molar-refractivity contribution in [2.75, 3.05) is 6.26 Å². The second kappa shape index (κ2) is 5.56. The van der Waals surface area contributed by atoms with Crippen molar-refractivity contribution in [1.82, 2.24) is 0 Å². The van der Waals surface area contributed by atoms with Crippen LogP contribution in [0.4, 0.5) is 0 Å². The molecule has 15 heavy (non-hydrogen) atoms. The molecule has 0 aliphatic rings. The van der Waals surface area contributed by atoms with Gasteiger partial charge in [-0.3, -0.25) is 9.59 Å². The van der Waals surface area contributed by atoms with E-state index in [0.29, 0.717) is 5.56 Å². The van der Waals surface area contributed by atoms with Crippen molar-refractivity contribution in [2.45, 2.75) is 17.7 Å². The Morgan fingerprint density at radius 1 is 1.20 bits per heavy atom. The number of carbonyl (C=O) groups is 2. The summed E-state index contributed by atoms with van der Waals surface area (Å²) in [5.74, 6) is -0.481. The van der Waals surface area contributed by atoms with Gasteiger partial charge in [0.25, 0.3) is 0 Å². The van der Waals surface area contributed by atoms with Crippen molar-refractivity contribution in [3.63, 3.8) is 0 Å². The highest BCUT2D eigenvalue weighted by molar-refractivity contribution is 7.98. The highest BCUT2D eigenvalue weighted by Gasteiger charge is 2.06. The number of rotatable bonds is 5. The Balaban J connectivity index is 2.62. The van der Waals surface area contributed by atoms with Crippen molar-refractivity contribution in [3.05, 3.63) is 29.8 Å². The van der Waals surface area contributed by atoms with E-state index < -0.39 is 5.91 Å². The summed E-state index contributed by atoms with van der Waals surface area (Å²) in [4.78, 5) is 23.1. The zero-order chi connectivity index (χ0) is 11.3. The first-order chi connectivity index (χ1) is 7.13. The van der Waals surface area contributed by atoms with Gasteiger partial charge in [-0.2, -0.15) is 0 Å². The molecule has 2 N–H and O–H groups in total. The van der Waals surface area contributed by atoms with Gasteiger partial charge in [-0.05, 0) is 18.4 Å². The lowest BCUT2D eigenvalue weighted by atomic mass is 10.1. The molecule has 0 fully saturated rings. The molecular formula is C11H13NO2S. The number of carbonyl (C=O) groups excluding carboxylic acids is 2. The molecule has 0 bridgehead atoms. The Morgan fingerprint density at radius 2 is 1.80 bits per heavy atom. The second-order valence-electron chi connectivity index (χ2n) is 3.12. The predicted octanol–water partition coefficient (Wildman–Crippen LogP) is 1.86. The van der Waals surface area contributed by atoms with Gasteiger partial charge in [0, 0.05) is 23.3 Å². The number of ketones is 1. The number of nitrogens with two attached hydrogens (primary N) is 1. The van der Waals surface area contributed by atoms with E-state index in [1.165, 1.54) is 0 Å². The lowest BCUT2D eigenvalue weighted by molar-refractivity contribution is -0.118. The molecule has 0 aliphatic heterocycles. The Bertz CT molecular complexity index is 359. The maximum Gasteiger partial charge on any atom is 0.217 e. The first-order valence-electron chi connectivity index (χ1n) is 4.59. The average Bonchev–Trinajstić information content (AvgIpc) is 2.26. The number of benzene rings is 1. The molecule has 0 atom stereocenters. The summed E-state index contributed by atoms with van der Waals surface area (Å²) < 4.78 is 0. The lowest BCUT2D eigenvalue weighted by Crippen LogP contribution is -2.12. The SMILES string of the molecule is CSc1ccc(C(=O)CCC(N)=O)cc1. The predicted molar refractivity (Wildman–Crippen MR) is 61.0 cm³/mol. The molecule has 0 aliphatic carbocycles. The molecule has 0 saturated carbocycles. The minimum Gasteiger partial charge on any atom is -0.370 e. The molecule has 3 nitrogen and oxygen atoms in total. The van der Waals surface area contributed by atoms with Crippen molar-refractivity contribution < 1.29 is 9.59 Å². The normalized spacial score (nSPS) is 9.93. The van der Waals surface area contributed by atoms with E-state index in [1.807, 2.05) is 18.4 Å². The van der Waals surface area contributed by atoms with Crippen LogP contribution in [-0.4, -0.2) is 17.9 Å². The highest BCUT2D eigenvalue weighted by Crippen LogP contribution is 2.15. The number of primary amides is 1. The minimum atomic E-state index is -0.441. The lowest BCUT2D eigenvalue weighted by Gasteiger charge is -2.00. The largest absolute Gasteiger partial charge is 0.370 e. The van der Waals surface area contributed by atoms with Crippen LogP contribution in [0.1, 0.15) is 23.2 Å². The fourth-order valence-electron chi connectivity index (χ4n) is 1.16. The van der Waals surface area contributed by atoms with Crippen molar-refractivity contribution >= 4 is 23.5 Å². The van der Waals surface area contributed by atoms with E-state index >= 15 is 0 Å². The molecule has 0 aromatic heterocycles. The summed E-state index contributed by atoms with van der Waals surface area (Å²) in [6.07, 6.45) is 2.28. The van der Waals surface area contributed by atoms with Gasteiger partial charge in [0.05, 0.1) is 0 Å². The fraction of sp³-hybridized carbons (Fsp3) is 0.273. The topological polar surface area (TPSA) is 60.2 Å². The summed E-state index contributed by atoms with van der Waals surface area (Å²) in [6.45, 7) is 0. The molecule has 1 amide bonds. The Morgan fingerprint density at radius 3 is 2.27 bits per heavy atom. The summed E-state index contributed by atoms with van der Waals surface area (Å²) in [5.41, 5.74) is 5.60. The zero-order valence-electron chi connectivity index (χ0n) is 8.53. The van der Waals surface area contributed by atoms with Gasteiger partial charge < -0.3 is 5.73 Å². The number of hydrogen-bond donors (Lipinski definition) is 1. The second-order valence-corrected chi connectivity index (χ2v) is 4.00. The van der Waals surface area contributed by atoms with E-state index in [4.69, 9.17) is 5.73 Å². The molecule has 0 saturated heterocycles. The Kier molecular flexibility index (Phi) is 4.37. The number of Topliss-reactive ketones (excluding diaryl/α,β-unsaturated/α-hetero) is 1. The first kappa shape index (κ1) is 11.8. The molecule has 0 unspecified atom stereocenters. The minimum absolute atomic E-state index is 0.0403. The van der Waals surface area contributed by atoms with E-state index in [1.54, 1.807) is 23.9 Å². The van der Waals surface area contributed by atoms with E-state index in [2.05, 4.69) is 0 Å². The van der Waals surface area contributed by atoms with E-state index in [9.17, 15) is 9.59 Å². The van der Waals surface area contributed by atoms with Crippen LogP contribution in [0, 0.1) is 0 Å². The first-order valence-corrected chi connectivity index (χ1v) is 5.81. The third-order valence-corrected chi connectivity index (χ3v) is 2.75. The zero-order valence-corrected chi connectivity index (χ0v) is 9.34. The van der Waals surface area contributed by atoms with Crippen LogP contribution < -0.4 is 5.73 Å². The molecule has 80 valence electrons. The van der Waals surface area contributed by atoms with Crippen LogP contribution in [-0.2, 0) is 4.79 Å².